The molecule has 0 atom stereocenters. The van der Waals surface area contributed by atoms with E-state index in [-0.39, 0.29) is 5.91 Å². The minimum absolute atomic E-state index is 0.296. The molecule has 1 heterocycles. The number of nitrogens with one attached hydrogen (secondary N) is 1. The minimum Gasteiger partial charge on any atom is -0.322 e. The Morgan fingerprint density at radius 2 is 1.88 bits per heavy atom. The molecular formula is C19H17F2N3OS. The van der Waals surface area contributed by atoms with Crippen LogP contribution in [0.25, 0.3) is 5.69 Å². The summed E-state index contributed by atoms with van der Waals surface area (Å²) in [6.45, 7) is 3.82. The molecule has 1 aromatic heterocycles. The van der Waals surface area contributed by atoms with Crippen molar-refractivity contribution in [2.24, 2.45) is 0 Å². The summed E-state index contributed by atoms with van der Waals surface area (Å²) >= 11 is 0.468. The van der Waals surface area contributed by atoms with E-state index in [9.17, 15) is 13.6 Å². The average Bonchev–Trinajstić information content (AvgIpc) is 2.98. The van der Waals surface area contributed by atoms with Crippen molar-refractivity contribution in [3.63, 3.8) is 0 Å². The maximum Gasteiger partial charge on any atom is 0.288 e. The molecule has 0 radical (unpaired) electrons. The highest BCUT2D eigenvalue weighted by Crippen LogP contribution is 2.26. The number of rotatable bonds is 5. The molecule has 3 aromatic rings. The maximum atomic E-state index is 12.5. The molecule has 0 bridgehead atoms. The average molecular weight is 373 g/mol. The Kier molecular flexibility index (Phi) is 5.37. The fourth-order valence-corrected chi connectivity index (χ4v) is 3.07. The van der Waals surface area contributed by atoms with Crippen molar-refractivity contribution in [1.29, 1.82) is 0 Å². The Hall–Kier alpha value is -2.67. The number of nitrogens with zero attached hydrogens (tertiary/aromatic N) is 2. The molecule has 0 aliphatic carbocycles. The fourth-order valence-electron chi connectivity index (χ4n) is 2.57. The van der Waals surface area contributed by atoms with Crippen molar-refractivity contribution in [3.8, 4) is 5.69 Å². The van der Waals surface area contributed by atoms with Gasteiger partial charge in [-0.05, 0) is 55.8 Å². The number of alkyl halides is 2. The van der Waals surface area contributed by atoms with Crippen LogP contribution in [0.2, 0.25) is 0 Å². The number of carbonyl (C=O) groups excluding carboxylic acids is 1. The summed E-state index contributed by atoms with van der Waals surface area (Å²) < 4.78 is 26.4. The van der Waals surface area contributed by atoms with Gasteiger partial charge in [0.1, 0.15) is 0 Å². The van der Waals surface area contributed by atoms with E-state index >= 15 is 0 Å². The third kappa shape index (κ3) is 4.11. The predicted octanol–water partition coefficient (Wildman–Crippen LogP) is 5.06. The smallest absolute Gasteiger partial charge is 0.288 e. The Morgan fingerprint density at radius 1 is 1.15 bits per heavy atom. The summed E-state index contributed by atoms with van der Waals surface area (Å²) in [7, 11) is 0. The Morgan fingerprint density at radius 3 is 2.54 bits per heavy atom. The number of amides is 1. The molecule has 1 N–H and O–H groups in total. The highest BCUT2D eigenvalue weighted by Gasteiger charge is 2.15. The number of hydrogen-bond acceptors (Lipinski definition) is 3. The summed E-state index contributed by atoms with van der Waals surface area (Å²) in [5.41, 5.74) is 3.70. The molecule has 7 heteroatoms. The number of anilines is 1. The summed E-state index contributed by atoms with van der Waals surface area (Å²) in [6, 6.07) is 14.1. The topological polar surface area (TPSA) is 46.9 Å². The molecule has 4 nitrogen and oxygen atoms in total. The third-order valence-electron chi connectivity index (χ3n) is 3.84. The van der Waals surface area contributed by atoms with Crippen molar-refractivity contribution in [2.75, 3.05) is 5.32 Å². The molecule has 3 rings (SSSR count). The number of hydrogen-bond donors (Lipinski definition) is 1. The van der Waals surface area contributed by atoms with Gasteiger partial charge in [-0.3, -0.25) is 4.79 Å². The second kappa shape index (κ2) is 7.70. The van der Waals surface area contributed by atoms with E-state index in [1.807, 2.05) is 38.1 Å². The normalized spacial score (nSPS) is 11.0. The van der Waals surface area contributed by atoms with Crippen LogP contribution in [0.1, 0.15) is 21.6 Å². The number of thioether (sulfide) groups is 1. The Balaban J connectivity index is 1.76. The van der Waals surface area contributed by atoms with E-state index in [1.165, 1.54) is 6.20 Å². The molecule has 0 spiro atoms. The molecule has 26 heavy (non-hydrogen) atoms. The Bertz CT molecular complexity index is 923. The van der Waals surface area contributed by atoms with Gasteiger partial charge in [-0.15, -0.1) is 0 Å². The molecule has 2 aromatic carbocycles. The Labute approximate surface area is 154 Å². The van der Waals surface area contributed by atoms with Gasteiger partial charge in [0.2, 0.25) is 0 Å². The van der Waals surface area contributed by atoms with Crippen LogP contribution in [0.5, 0.6) is 0 Å². The molecule has 134 valence electrons. The first-order chi connectivity index (χ1) is 12.4. The van der Waals surface area contributed by atoms with Crippen molar-refractivity contribution in [2.45, 2.75) is 24.5 Å². The van der Waals surface area contributed by atoms with Crippen LogP contribution in [-0.2, 0) is 0 Å². The van der Waals surface area contributed by atoms with E-state index in [0.717, 1.165) is 16.9 Å². The lowest BCUT2D eigenvalue weighted by Gasteiger charge is -2.08. The van der Waals surface area contributed by atoms with Crippen molar-refractivity contribution in [1.82, 2.24) is 9.78 Å². The summed E-state index contributed by atoms with van der Waals surface area (Å²) in [6.07, 6.45) is 1.52. The van der Waals surface area contributed by atoms with Crippen LogP contribution in [-0.4, -0.2) is 21.4 Å². The van der Waals surface area contributed by atoms with Gasteiger partial charge >= 0.3 is 0 Å². The SMILES string of the molecule is Cc1cccc(-n2ncc(C(=O)Nc3ccc(SC(F)F)cc3)c2C)c1. The highest BCUT2D eigenvalue weighted by molar-refractivity contribution is 7.99. The molecule has 1 amide bonds. The fraction of sp³-hybridized carbons (Fsp3) is 0.158. The lowest BCUT2D eigenvalue weighted by molar-refractivity contribution is 0.102. The van der Waals surface area contributed by atoms with E-state index in [4.69, 9.17) is 0 Å². The zero-order chi connectivity index (χ0) is 18.7. The largest absolute Gasteiger partial charge is 0.322 e. The highest BCUT2D eigenvalue weighted by atomic mass is 32.2. The molecule has 0 aliphatic heterocycles. The van der Waals surface area contributed by atoms with E-state index < -0.39 is 5.76 Å². The first kappa shape index (κ1) is 18.1. The third-order valence-corrected chi connectivity index (χ3v) is 4.56. The molecule has 0 saturated heterocycles. The van der Waals surface area contributed by atoms with E-state index in [2.05, 4.69) is 10.4 Å². The van der Waals surface area contributed by atoms with Crippen molar-refractivity contribution in [3.05, 3.63) is 71.5 Å². The van der Waals surface area contributed by atoms with Crippen molar-refractivity contribution < 1.29 is 13.6 Å². The second-order valence-corrected chi connectivity index (χ2v) is 6.81. The van der Waals surface area contributed by atoms with Crippen LogP contribution in [0.3, 0.4) is 0 Å². The van der Waals surface area contributed by atoms with Crippen LogP contribution >= 0.6 is 11.8 Å². The number of aryl methyl sites for hydroxylation is 1. The van der Waals surface area contributed by atoms with Gasteiger partial charge in [0.05, 0.1) is 23.1 Å². The van der Waals surface area contributed by atoms with Crippen LogP contribution < -0.4 is 5.32 Å². The van der Waals surface area contributed by atoms with Gasteiger partial charge in [0, 0.05) is 10.6 Å². The lowest BCUT2D eigenvalue weighted by atomic mass is 10.2. The number of aromatic nitrogens is 2. The lowest BCUT2D eigenvalue weighted by Crippen LogP contribution is -2.13. The molecule has 0 unspecified atom stereocenters. The van der Waals surface area contributed by atoms with Crippen molar-refractivity contribution >= 4 is 23.4 Å². The predicted molar refractivity (Wildman–Crippen MR) is 99.3 cm³/mol. The zero-order valence-electron chi connectivity index (χ0n) is 14.2. The summed E-state index contributed by atoms with van der Waals surface area (Å²) in [4.78, 5) is 13.0. The van der Waals surface area contributed by atoms with Crippen LogP contribution in [0.4, 0.5) is 14.5 Å². The van der Waals surface area contributed by atoms with Crippen LogP contribution in [0.15, 0.2) is 59.6 Å². The maximum absolute atomic E-state index is 12.5. The van der Waals surface area contributed by atoms with E-state index in [1.54, 1.807) is 28.9 Å². The molecule has 0 aliphatic rings. The number of carbonyl (C=O) groups is 1. The molecular weight excluding hydrogens is 356 g/mol. The number of benzene rings is 2. The van der Waals surface area contributed by atoms with Crippen LogP contribution in [0, 0.1) is 13.8 Å². The standard InChI is InChI=1S/C19H17F2N3OS/c1-12-4-3-5-15(10-12)24-13(2)17(11-22-24)18(25)23-14-6-8-16(9-7-14)26-19(20)21/h3-11,19H,1-2H3,(H,23,25). The molecule has 0 saturated carbocycles. The van der Waals surface area contributed by atoms with Gasteiger partial charge in [0.15, 0.2) is 0 Å². The van der Waals surface area contributed by atoms with Gasteiger partial charge in [-0.1, -0.05) is 23.9 Å². The monoisotopic (exact) mass is 373 g/mol. The van der Waals surface area contributed by atoms with Gasteiger partial charge in [0.25, 0.3) is 11.7 Å². The minimum atomic E-state index is -2.47. The number of halogens is 2. The molecule has 0 fully saturated rings. The first-order valence-corrected chi connectivity index (χ1v) is 8.80. The first-order valence-electron chi connectivity index (χ1n) is 7.92. The van der Waals surface area contributed by atoms with Gasteiger partial charge in [-0.2, -0.15) is 13.9 Å². The van der Waals surface area contributed by atoms with E-state index in [0.29, 0.717) is 27.9 Å². The quantitative estimate of drug-likeness (QED) is 0.636. The zero-order valence-corrected chi connectivity index (χ0v) is 15.1. The van der Waals surface area contributed by atoms with Gasteiger partial charge < -0.3 is 5.32 Å². The summed E-state index contributed by atoms with van der Waals surface area (Å²) in [5, 5.41) is 7.07. The second-order valence-electron chi connectivity index (χ2n) is 5.75. The summed E-state index contributed by atoms with van der Waals surface area (Å²) in [5.74, 6) is -2.76. The van der Waals surface area contributed by atoms with Gasteiger partial charge in [-0.25, -0.2) is 4.68 Å².